The van der Waals surface area contributed by atoms with Crippen molar-refractivity contribution in [2.45, 2.75) is 25.1 Å². The molecule has 2 aliphatic rings. The smallest absolute Gasteiger partial charge is 0.262 e. The monoisotopic (exact) mass is 320 g/mol. The van der Waals surface area contributed by atoms with Crippen LogP contribution in [-0.2, 0) is 4.79 Å². The number of carbonyl (C=O) groups excluding carboxylic acids is 3. The number of fused-ring (bicyclic) bond motifs is 1. The summed E-state index contributed by atoms with van der Waals surface area (Å²) < 4.78 is 5.24. The second-order valence-corrected chi connectivity index (χ2v) is 5.38. The van der Waals surface area contributed by atoms with E-state index in [-0.39, 0.29) is 43.1 Å². The van der Waals surface area contributed by atoms with Crippen LogP contribution in [0.4, 0.5) is 0 Å². The van der Waals surface area contributed by atoms with E-state index in [1.54, 1.807) is 6.07 Å². The zero-order valence-corrected chi connectivity index (χ0v) is 12.2. The van der Waals surface area contributed by atoms with E-state index >= 15 is 0 Å². The largest absolute Gasteiger partial charge is 0.491 e. The first-order valence-electron chi connectivity index (χ1n) is 7.26. The van der Waals surface area contributed by atoms with Crippen LogP contribution in [0.2, 0.25) is 0 Å². The summed E-state index contributed by atoms with van der Waals surface area (Å²) in [6.45, 7) is -0.0813. The molecular formula is C15H16N2O6. The van der Waals surface area contributed by atoms with Crippen LogP contribution >= 0.6 is 0 Å². The third-order valence-electron chi connectivity index (χ3n) is 3.92. The molecule has 0 spiro atoms. The van der Waals surface area contributed by atoms with Crippen LogP contribution in [-0.4, -0.2) is 58.3 Å². The van der Waals surface area contributed by atoms with Gasteiger partial charge >= 0.3 is 0 Å². The van der Waals surface area contributed by atoms with Gasteiger partial charge in [-0.05, 0) is 24.6 Å². The SMILES string of the molecule is O=C1CCC(N2C(=O)c3ccc(OCCO)cc3C2=O)C(O)N1. The van der Waals surface area contributed by atoms with Gasteiger partial charge in [-0.3, -0.25) is 19.3 Å². The second kappa shape index (κ2) is 5.98. The van der Waals surface area contributed by atoms with Gasteiger partial charge in [0, 0.05) is 6.42 Å². The van der Waals surface area contributed by atoms with E-state index in [4.69, 9.17) is 9.84 Å². The molecule has 8 nitrogen and oxygen atoms in total. The highest BCUT2D eigenvalue weighted by atomic mass is 16.5. The maximum atomic E-state index is 12.5. The van der Waals surface area contributed by atoms with Gasteiger partial charge in [-0.15, -0.1) is 0 Å². The van der Waals surface area contributed by atoms with E-state index in [0.717, 1.165) is 4.90 Å². The Morgan fingerprint density at radius 2 is 1.96 bits per heavy atom. The quantitative estimate of drug-likeness (QED) is 0.629. The molecule has 8 heteroatoms. The van der Waals surface area contributed by atoms with E-state index in [0.29, 0.717) is 5.75 Å². The van der Waals surface area contributed by atoms with Gasteiger partial charge in [0.15, 0.2) is 0 Å². The minimum absolute atomic E-state index is 0.0814. The van der Waals surface area contributed by atoms with Crippen molar-refractivity contribution in [1.82, 2.24) is 10.2 Å². The van der Waals surface area contributed by atoms with E-state index in [2.05, 4.69) is 5.32 Å². The van der Waals surface area contributed by atoms with Gasteiger partial charge in [0.25, 0.3) is 11.8 Å². The molecule has 2 aliphatic heterocycles. The molecule has 1 aromatic carbocycles. The van der Waals surface area contributed by atoms with E-state index in [1.165, 1.54) is 12.1 Å². The summed E-state index contributed by atoms with van der Waals surface area (Å²) in [4.78, 5) is 37.2. The molecule has 3 rings (SSSR count). The molecule has 2 unspecified atom stereocenters. The minimum atomic E-state index is -1.27. The number of ether oxygens (including phenoxy) is 1. The Kier molecular flexibility index (Phi) is 4.01. The lowest BCUT2D eigenvalue weighted by Crippen LogP contribution is -2.57. The first kappa shape index (κ1) is 15.4. The highest BCUT2D eigenvalue weighted by Gasteiger charge is 2.44. The lowest BCUT2D eigenvalue weighted by atomic mass is 10.0. The molecule has 0 aliphatic carbocycles. The number of nitrogens with zero attached hydrogens (tertiary/aromatic N) is 1. The van der Waals surface area contributed by atoms with E-state index in [9.17, 15) is 19.5 Å². The van der Waals surface area contributed by atoms with Crippen molar-refractivity contribution in [3.63, 3.8) is 0 Å². The van der Waals surface area contributed by atoms with Gasteiger partial charge in [0.05, 0.1) is 23.8 Å². The number of benzene rings is 1. The first-order valence-corrected chi connectivity index (χ1v) is 7.26. The summed E-state index contributed by atoms with van der Waals surface area (Å²) >= 11 is 0. The maximum Gasteiger partial charge on any atom is 0.262 e. The summed E-state index contributed by atoms with van der Waals surface area (Å²) in [5.41, 5.74) is 0.421. The average Bonchev–Trinajstić information content (AvgIpc) is 2.77. The van der Waals surface area contributed by atoms with Crippen LogP contribution in [0.5, 0.6) is 5.75 Å². The molecule has 1 fully saturated rings. The lowest BCUT2D eigenvalue weighted by molar-refractivity contribution is -0.129. The topological polar surface area (TPSA) is 116 Å². The molecule has 1 aromatic rings. The Morgan fingerprint density at radius 1 is 1.22 bits per heavy atom. The Morgan fingerprint density at radius 3 is 2.65 bits per heavy atom. The molecule has 0 radical (unpaired) electrons. The maximum absolute atomic E-state index is 12.5. The number of hydrogen-bond donors (Lipinski definition) is 3. The molecular weight excluding hydrogens is 304 g/mol. The van der Waals surface area contributed by atoms with Gasteiger partial charge < -0.3 is 20.3 Å². The molecule has 2 heterocycles. The van der Waals surface area contributed by atoms with Crippen molar-refractivity contribution >= 4 is 17.7 Å². The fourth-order valence-corrected chi connectivity index (χ4v) is 2.83. The van der Waals surface area contributed by atoms with Crippen molar-refractivity contribution in [2.75, 3.05) is 13.2 Å². The van der Waals surface area contributed by atoms with E-state index in [1.807, 2.05) is 0 Å². The number of carbonyl (C=O) groups is 3. The Hall–Kier alpha value is -2.45. The molecule has 0 bridgehead atoms. The summed E-state index contributed by atoms with van der Waals surface area (Å²) in [5, 5.41) is 21.0. The summed E-state index contributed by atoms with van der Waals surface area (Å²) in [6.07, 6.45) is -0.921. The zero-order valence-electron chi connectivity index (χ0n) is 12.2. The van der Waals surface area contributed by atoms with Crippen molar-refractivity contribution in [3.05, 3.63) is 29.3 Å². The number of amides is 3. The minimum Gasteiger partial charge on any atom is -0.491 e. The lowest BCUT2D eigenvalue weighted by Gasteiger charge is -2.33. The van der Waals surface area contributed by atoms with Crippen LogP contribution < -0.4 is 10.1 Å². The van der Waals surface area contributed by atoms with Crippen molar-refractivity contribution < 1.29 is 29.3 Å². The predicted octanol–water partition coefficient (Wildman–Crippen LogP) is -0.749. The third kappa shape index (κ3) is 2.66. The highest BCUT2D eigenvalue weighted by molar-refractivity contribution is 6.21. The fourth-order valence-electron chi connectivity index (χ4n) is 2.83. The van der Waals surface area contributed by atoms with Crippen LogP contribution in [0.3, 0.4) is 0 Å². The zero-order chi connectivity index (χ0) is 16.6. The molecule has 0 aromatic heterocycles. The van der Waals surface area contributed by atoms with Crippen molar-refractivity contribution in [2.24, 2.45) is 0 Å². The number of rotatable bonds is 4. The Bertz CT molecular complexity index is 674. The van der Waals surface area contributed by atoms with Gasteiger partial charge in [-0.1, -0.05) is 0 Å². The van der Waals surface area contributed by atoms with E-state index < -0.39 is 24.1 Å². The van der Waals surface area contributed by atoms with Gasteiger partial charge in [-0.2, -0.15) is 0 Å². The van der Waals surface area contributed by atoms with Gasteiger partial charge in [0.1, 0.15) is 18.6 Å². The molecule has 23 heavy (non-hydrogen) atoms. The van der Waals surface area contributed by atoms with Crippen LogP contribution in [0.15, 0.2) is 18.2 Å². The number of aliphatic hydroxyl groups excluding tert-OH is 2. The number of imide groups is 1. The number of nitrogens with one attached hydrogen (secondary N) is 1. The molecule has 1 saturated heterocycles. The van der Waals surface area contributed by atoms with Gasteiger partial charge in [0.2, 0.25) is 5.91 Å². The first-order chi connectivity index (χ1) is 11.0. The molecule has 3 N–H and O–H groups in total. The number of hydrogen-bond acceptors (Lipinski definition) is 6. The molecule has 122 valence electrons. The standard InChI is InChI=1S/C15H16N2O6/c18-5-6-23-8-1-2-9-10(7-8)15(22)17(14(9)21)11-3-4-12(19)16-13(11)20/h1-2,7,11,13,18,20H,3-6H2,(H,16,19). The normalized spacial score (nSPS) is 23.7. The average molecular weight is 320 g/mol. The van der Waals surface area contributed by atoms with Crippen molar-refractivity contribution in [3.8, 4) is 5.75 Å². The number of piperidine rings is 1. The number of aliphatic hydroxyl groups is 2. The summed E-state index contributed by atoms with van der Waals surface area (Å²) in [7, 11) is 0. The van der Waals surface area contributed by atoms with Crippen LogP contribution in [0, 0.1) is 0 Å². The van der Waals surface area contributed by atoms with Crippen molar-refractivity contribution in [1.29, 1.82) is 0 Å². The molecule has 3 amide bonds. The summed E-state index contributed by atoms with van der Waals surface area (Å²) in [6, 6.07) is 3.68. The Labute approximate surface area is 131 Å². The molecule has 2 atom stereocenters. The Balaban J connectivity index is 1.86. The predicted molar refractivity (Wildman–Crippen MR) is 76.7 cm³/mol. The van der Waals surface area contributed by atoms with Gasteiger partial charge in [-0.25, -0.2) is 0 Å². The third-order valence-corrected chi connectivity index (χ3v) is 3.92. The molecule has 0 saturated carbocycles. The fraction of sp³-hybridized carbons (Fsp3) is 0.400. The van der Waals surface area contributed by atoms with Crippen LogP contribution in [0.1, 0.15) is 33.6 Å². The summed E-state index contributed by atoms with van der Waals surface area (Å²) in [5.74, 6) is -0.970. The highest BCUT2D eigenvalue weighted by Crippen LogP contribution is 2.30. The second-order valence-electron chi connectivity index (χ2n) is 5.38. The van der Waals surface area contributed by atoms with Crippen LogP contribution in [0.25, 0.3) is 0 Å².